The average Bonchev–Trinajstić information content (AvgIpc) is 2.37. The van der Waals surface area contributed by atoms with Gasteiger partial charge in [0.2, 0.25) is 0 Å². The first-order valence-electron chi connectivity index (χ1n) is 6.77. The van der Waals surface area contributed by atoms with E-state index in [0.29, 0.717) is 13.2 Å². The summed E-state index contributed by atoms with van der Waals surface area (Å²) in [5, 5.41) is 10.3. The summed E-state index contributed by atoms with van der Waals surface area (Å²) in [6.45, 7) is 6.41. The number of para-hydroxylation sites is 1. The van der Waals surface area contributed by atoms with E-state index in [1.54, 1.807) is 0 Å². The Balaban J connectivity index is 2.62. The summed E-state index contributed by atoms with van der Waals surface area (Å²) < 4.78 is 5.54. The smallest absolute Gasteiger partial charge is 0.125 e. The third kappa shape index (κ3) is 4.67. The number of unbranched alkanes of at least 4 members (excludes halogenated alkanes) is 1. The standard InChI is InChI=1S/C15H25NO2/c1-4-6-11-16(3)12-14(17)13-9-7-8-10-15(13)18-5-2/h7-10,14,17H,4-6,11-12H2,1-3H3. The number of aliphatic hydroxyl groups excluding tert-OH is 1. The second-order valence-corrected chi connectivity index (χ2v) is 4.60. The number of nitrogens with zero attached hydrogens (tertiary/aromatic N) is 1. The van der Waals surface area contributed by atoms with Gasteiger partial charge >= 0.3 is 0 Å². The number of rotatable bonds is 8. The highest BCUT2D eigenvalue weighted by Crippen LogP contribution is 2.25. The molecule has 0 aliphatic carbocycles. The maximum atomic E-state index is 10.3. The van der Waals surface area contributed by atoms with Gasteiger partial charge in [0, 0.05) is 12.1 Å². The highest BCUT2D eigenvalue weighted by atomic mass is 16.5. The van der Waals surface area contributed by atoms with E-state index in [0.717, 1.165) is 24.3 Å². The average molecular weight is 251 g/mol. The number of ether oxygens (including phenoxy) is 1. The fraction of sp³-hybridized carbons (Fsp3) is 0.600. The van der Waals surface area contributed by atoms with Crippen LogP contribution in [0.15, 0.2) is 24.3 Å². The Labute approximate surface area is 110 Å². The summed E-state index contributed by atoms with van der Waals surface area (Å²) in [6, 6.07) is 7.71. The maximum absolute atomic E-state index is 10.3. The molecule has 0 aliphatic rings. The second-order valence-electron chi connectivity index (χ2n) is 4.60. The summed E-state index contributed by atoms with van der Waals surface area (Å²) in [6.07, 6.45) is 1.85. The monoisotopic (exact) mass is 251 g/mol. The quantitative estimate of drug-likeness (QED) is 0.771. The SMILES string of the molecule is CCCCN(C)CC(O)c1ccccc1OCC. The van der Waals surface area contributed by atoms with Crippen LogP contribution in [0.2, 0.25) is 0 Å². The van der Waals surface area contributed by atoms with E-state index < -0.39 is 6.10 Å². The van der Waals surface area contributed by atoms with Gasteiger partial charge in [0.05, 0.1) is 12.7 Å². The van der Waals surface area contributed by atoms with Crippen molar-refractivity contribution in [1.29, 1.82) is 0 Å². The molecule has 0 saturated carbocycles. The number of aliphatic hydroxyl groups is 1. The predicted octanol–water partition coefficient (Wildman–Crippen LogP) is 2.85. The molecule has 0 radical (unpaired) electrons. The highest BCUT2D eigenvalue weighted by molar-refractivity contribution is 5.35. The summed E-state index contributed by atoms with van der Waals surface area (Å²) in [5.41, 5.74) is 0.877. The van der Waals surface area contributed by atoms with Crippen molar-refractivity contribution in [2.24, 2.45) is 0 Å². The van der Waals surface area contributed by atoms with E-state index in [-0.39, 0.29) is 0 Å². The third-order valence-electron chi connectivity index (χ3n) is 2.96. The Bertz CT molecular complexity index is 341. The lowest BCUT2D eigenvalue weighted by Crippen LogP contribution is -2.25. The lowest BCUT2D eigenvalue weighted by Gasteiger charge is -2.22. The van der Waals surface area contributed by atoms with E-state index >= 15 is 0 Å². The summed E-state index contributed by atoms with van der Waals surface area (Å²) in [5.74, 6) is 0.788. The molecule has 1 unspecified atom stereocenters. The summed E-state index contributed by atoms with van der Waals surface area (Å²) in [4.78, 5) is 2.16. The van der Waals surface area contributed by atoms with Gasteiger partial charge in [-0.1, -0.05) is 31.5 Å². The van der Waals surface area contributed by atoms with Gasteiger partial charge < -0.3 is 14.7 Å². The van der Waals surface area contributed by atoms with Gasteiger partial charge in [-0.3, -0.25) is 0 Å². The molecule has 0 fully saturated rings. The number of hydrogen-bond acceptors (Lipinski definition) is 3. The zero-order valence-corrected chi connectivity index (χ0v) is 11.7. The van der Waals surface area contributed by atoms with Gasteiger partial charge in [-0.15, -0.1) is 0 Å². The van der Waals surface area contributed by atoms with E-state index in [1.807, 2.05) is 38.2 Å². The van der Waals surface area contributed by atoms with Crippen LogP contribution in [0.3, 0.4) is 0 Å². The van der Waals surface area contributed by atoms with E-state index in [2.05, 4.69) is 11.8 Å². The lowest BCUT2D eigenvalue weighted by atomic mass is 10.1. The minimum absolute atomic E-state index is 0.491. The van der Waals surface area contributed by atoms with Crippen LogP contribution in [0.25, 0.3) is 0 Å². The third-order valence-corrected chi connectivity index (χ3v) is 2.96. The largest absolute Gasteiger partial charge is 0.493 e. The van der Waals surface area contributed by atoms with Crippen LogP contribution in [-0.2, 0) is 0 Å². The first-order chi connectivity index (χ1) is 8.69. The molecule has 1 aromatic rings. The zero-order valence-electron chi connectivity index (χ0n) is 11.7. The van der Waals surface area contributed by atoms with Crippen LogP contribution >= 0.6 is 0 Å². The molecule has 0 spiro atoms. The molecule has 1 rings (SSSR count). The molecule has 0 saturated heterocycles. The molecule has 0 aliphatic heterocycles. The van der Waals surface area contributed by atoms with Gasteiger partial charge in [-0.25, -0.2) is 0 Å². The van der Waals surface area contributed by atoms with Crippen LogP contribution in [0, 0.1) is 0 Å². The predicted molar refractivity (Wildman–Crippen MR) is 75.0 cm³/mol. The minimum atomic E-state index is -0.491. The Morgan fingerprint density at radius 2 is 2.00 bits per heavy atom. The van der Waals surface area contributed by atoms with Gasteiger partial charge in [0.15, 0.2) is 0 Å². The zero-order chi connectivity index (χ0) is 13.4. The molecule has 0 bridgehead atoms. The van der Waals surface area contributed by atoms with Crippen molar-refractivity contribution in [2.75, 3.05) is 26.7 Å². The first kappa shape index (κ1) is 15.0. The molecule has 1 atom stereocenters. The van der Waals surface area contributed by atoms with E-state index in [1.165, 1.54) is 6.42 Å². The second kappa shape index (κ2) is 8.11. The van der Waals surface area contributed by atoms with Crippen molar-refractivity contribution in [3.8, 4) is 5.75 Å². The Kier molecular flexibility index (Phi) is 6.76. The Hall–Kier alpha value is -1.06. The van der Waals surface area contributed by atoms with Crippen LogP contribution in [-0.4, -0.2) is 36.8 Å². The fourth-order valence-electron chi connectivity index (χ4n) is 1.96. The Morgan fingerprint density at radius 1 is 1.28 bits per heavy atom. The lowest BCUT2D eigenvalue weighted by molar-refractivity contribution is 0.122. The van der Waals surface area contributed by atoms with E-state index in [4.69, 9.17) is 4.74 Å². The van der Waals surface area contributed by atoms with Crippen molar-refractivity contribution in [3.63, 3.8) is 0 Å². The minimum Gasteiger partial charge on any atom is -0.493 e. The van der Waals surface area contributed by atoms with Gasteiger partial charge in [0.1, 0.15) is 5.75 Å². The molecule has 1 N–H and O–H groups in total. The van der Waals surface area contributed by atoms with Crippen LogP contribution < -0.4 is 4.74 Å². The van der Waals surface area contributed by atoms with Crippen molar-refractivity contribution in [3.05, 3.63) is 29.8 Å². The van der Waals surface area contributed by atoms with Crippen molar-refractivity contribution in [2.45, 2.75) is 32.8 Å². The number of likely N-dealkylation sites (N-methyl/N-ethyl adjacent to an activating group) is 1. The maximum Gasteiger partial charge on any atom is 0.125 e. The van der Waals surface area contributed by atoms with E-state index in [9.17, 15) is 5.11 Å². The molecule has 1 aromatic carbocycles. The molecule has 0 heterocycles. The topological polar surface area (TPSA) is 32.7 Å². The molecular weight excluding hydrogens is 226 g/mol. The fourth-order valence-corrected chi connectivity index (χ4v) is 1.96. The number of benzene rings is 1. The molecule has 0 amide bonds. The van der Waals surface area contributed by atoms with Crippen molar-refractivity contribution < 1.29 is 9.84 Å². The normalized spacial score (nSPS) is 12.7. The molecule has 3 heteroatoms. The van der Waals surface area contributed by atoms with Crippen LogP contribution in [0.1, 0.15) is 38.4 Å². The van der Waals surface area contributed by atoms with Gasteiger partial charge in [-0.05, 0) is 33.0 Å². The molecule has 3 nitrogen and oxygen atoms in total. The molecule has 18 heavy (non-hydrogen) atoms. The van der Waals surface area contributed by atoms with Crippen LogP contribution in [0.4, 0.5) is 0 Å². The molecule has 0 aromatic heterocycles. The number of hydrogen-bond donors (Lipinski definition) is 1. The van der Waals surface area contributed by atoms with Gasteiger partial charge in [-0.2, -0.15) is 0 Å². The van der Waals surface area contributed by atoms with Crippen LogP contribution in [0.5, 0.6) is 5.75 Å². The van der Waals surface area contributed by atoms with Crippen molar-refractivity contribution >= 4 is 0 Å². The summed E-state index contributed by atoms with van der Waals surface area (Å²) >= 11 is 0. The Morgan fingerprint density at radius 3 is 2.67 bits per heavy atom. The summed E-state index contributed by atoms with van der Waals surface area (Å²) in [7, 11) is 2.04. The molecule has 102 valence electrons. The van der Waals surface area contributed by atoms with Crippen molar-refractivity contribution in [1.82, 2.24) is 4.90 Å². The highest BCUT2D eigenvalue weighted by Gasteiger charge is 2.14. The molecular formula is C15H25NO2. The van der Waals surface area contributed by atoms with Gasteiger partial charge in [0.25, 0.3) is 0 Å². The first-order valence-corrected chi connectivity index (χ1v) is 6.77.